The molecule has 1 aliphatic rings. The third-order valence-corrected chi connectivity index (χ3v) is 6.40. The molecule has 0 N–H and O–H groups in total. The van der Waals surface area contributed by atoms with Gasteiger partial charge >= 0.3 is 0 Å². The smallest absolute Gasteiger partial charge is 0.128 e. The lowest BCUT2D eigenvalue weighted by Gasteiger charge is -2.19. The van der Waals surface area contributed by atoms with Crippen LogP contribution in [0.3, 0.4) is 0 Å². The zero-order chi connectivity index (χ0) is 21.4. The summed E-state index contributed by atoms with van der Waals surface area (Å²) in [5, 5.41) is 0. The number of benzene rings is 1. The average Bonchev–Trinajstić information content (AvgIpc) is 3.55. The highest BCUT2D eigenvalue weighted by atomic mass is 16.5. The van der Waals surface area contributed by atoms with E-state index < -0.39 is 0 Å². The van der Waals surface area contributed by atoms with E-state index in [1.807, 2.05) is 0 Å². The largest absolute Gasteiger partial charge is 0.496 e. The van der Waals surface area contributed by atoms with Gasteiger partial charge in [-0.3, -0.25) is 0 Å². The van der Waals surface area contributed by atoms with Crippen molar-refractivity contribution < 1.29 is 9.47 Å². The monoisotopic (exact) mass is 406 g/mol. The van der Waals surface area contributed by atoms with Crippen molar-refractivity contribution in [1.29, 1.82) is 0 Å². The fourth-order valence-corrected chi connectivity index (χ4v) is 4.42. The van der Waals surface area contributed by atoms with Crippen LogP contribution in [0, 0.1) is 6.92 Å². The van der Waals surface area contributed by atoms with Gasteiger partial charge in [-0.1, -0.05) is 26.8 Å². The SMILES string of the molecule is CCC(COC)n1cc(C)c2nc(-c3ccc(C(C)C)cc3OC)c(C3CC3)cc21. The highest BCUT2D eigenvalue weighted by Crippen LogP contribution is 2.47. The van der Waals surface area contributed by atoms with Crippen LogP contribution in [0.5, 0.6) is 5.75 Å². The zero-order valence-electron chi connectivity index (χ0n) is 19.2. The Morgan fingerprint density at radius 1 is 1.17 bits per heavy atom. The molecule has 4 heteroatoms. The molecule has 1 saturated carbocycles. The molecule has 160 valence electrons. The molecule has 0 spiro atoms. The van der Waals surface area contributed by atoms with Gasteiger partial charge in [0.15, 0.2) is 0 Å². The number of ether oxygens (including phenoxy) is 2. The molecular formula is C26H34N2O2. The summed E-state index contributed by atoms with van der Waals surface area (Å²) in [5.41, 5.74) is 8.33. The van der Waals surface area contributed by atoms with Crippen LogP contribution >= 0.6 is 0 Å². The predicted octanol–water partition coefficient (Wildman–Crippen LogP) is 6.62. The zero-order valence-corrected chi connectivity index (χ0v) is 19.2. The van der Waals surface area contributed by atoms with Crippen molar-refractivity contribution in [2.24, 2.45) is 0 Å². The van der Waals surface area contributed by atoms with Crippen LogP contribution in [0.2, 0.25) is 0 Å². The molecule has 0 radical (unpaired) electrons. The van der Waals surface area contributed by atoms with Gasteiger partial charge in [-0.05, 0) is 72.9 Å². The Bertz CT molecular complexity index is 1050. The lowest BCUT2D eigenvalue weighted by atomic mass is 9.96. The average molecular weight is 407 g/mol. The van der Waals surface area contributed by atoms with Gasteiger partial charge in [-0.15, -0.1) is 0 Å². The third kappa shape index (κ3) is 3.74. The Morgan fingerprint density at radius 3 is 2.53 bits per heavy atom. The van der Waals surface area contributed by atoms with Crippen LogP contribution in [0.4, 0.5) is 0 Å². The van der Waals surface area contributed by atoms with Gasteiger partial charge in [0, 0.05) is 18.9 Å². The van der Waals surface area contributed by atoms with E-state index in [0.29, 0.717) is 24.5 Å². The molecule has 3 aromatic rings. The molecule has 0 aliphatic heterocycles. The summed E-state index contributed by atoms with van der Waals surface area (Å²) in [6.07, 6.45) is 5.75. The maximum atomic E-state index is 5.82. The van der Waals surface area contributed by atoms with E-state index in [9.17, 15) is 0 Å². The van der Waals surface area contributed by atoms with Crippen molar-refractivity contribution in [1.82, 2.24) is 9.55 Å². The first kappa shape index (κ1) is 20.9. The highest BCUT2D eigenvalue weighted by molar-refractivity contribution is 5.86. The van der Waals surface area contributed by atoms with Gasteiger partial charge in [0.25, 0.3) is 0 Å². The van der Waals surface area contributed by atoms with Crippen LogP contribution < -0.4 is 4.74 Å². The number of nitrogens with zero attached hydrogens (tertiary/aromatic N) is 2. The number of pyridine rings is 1. The van der Waals surface area contributed by atoms with E-state index in [4.69, 9.17) is 14.5 Å². The molecule has 1 unspecified atom stereocenters. The lowest BCUT2D eigenvalue weighted by Crippen LogP contribution is -2.13. The fourth-order valence-electron chi connectivity index (χ4n) is 4.42. The van der Waals surface area contributed by atoms with Crippen molar-refractivity contribution in [3.05, 3.63) is 47.2 Å². The predicted molar refractivity (Wildman–Crippen MR) is 124 cm³/mol. The molecule has 0 bridgehead atoms. The Hall–Kier alpha value is -2.33. The first-order valence-corrected chi connectivity index (χ1v) is 11.2. The minimum atomic E-state index is 0.325. The molecule has 4 nitrogen and oxygen atoms in total. The summed E-state index contributed by atoms with van der Waals surface area (Å²) < 4.78 is 13.7. The maximum absolute atomic E-state index is 5.82. The Kier molecular flexibility index (Phi) is 5.88. The molecule has 0 saturated heterocycles. The topological polar surface area (TPSA) is 36.3 Å². The first-order chi connectivity index (χ1) is 14.5. The van der Waals surface area contributed by atoms with E-state index in [1.165, 1.54) is 35.0 Å². The second-order valence-electron chi connectivity index (χ2n) is 8.92. The minimum absolute atomic E-state index is 0.325. The van der Waals surface area contributed by atoms with Crippen LogP contribution in [-0.4, -0.2) is 30.4 Å². The van der Waals surface area contributed by atoms with E-state index in [1.54, 1.807) is 14.2 Å². The normalized spacial score (nSPS) is 15.2. The molecule has 1 atom stereocenters. The molecule has 2 heterocycles. The van der Waals surface area contributed by atoms with Gasteiger partial charge in [0.1, 0.15) is 5.75 Å². The summed E-state index contributed by atoms with van der Waals surface area (Å²) in [7, 11) is 3.54. The van der Waals surface area contributed by atoms with Crippen molar-refractivity contribution in [2.45, 2.75) is 64.8 Å². The van der Waals surface area contributed by atoms with Crippen LogP contribution in [-0.2, 0) is 4.74 Å². The molecule has 30 heavy (non-hydrogen) atoms. The molecule has 4 rings (SSSR count). The van der Waals surface area contributed by atoms with Gasteiger partial charge in [0.2, 0.25) is 0 Å². The van der Waals surface area contributed by atoms with Crippen LogP contribution in [0.15, 0.2) is 30.5 Å². The molecule has 1 aromatic carbocycles. The summed E-state index contributed by atoms with van der Waals surface area (Å²) >= 11 is 0. The summed E-state index contributed by atoms with van der Waals surface area (Å²) in [4.78, 5) is 5.25. The number of rotatable bonds is 8. The van der Waals surface area contributed by atoms with Crippen LogP contribution in [0.25, 0.3) is 22.3 Å². The molecule has 1 fully saturated rings. The number of hydrogen-bond acceptors (Lipinski definition) is 3. The standard InChI is InChI=1S/C26H34N2O2/c1-7-20(15-29-5)28-14-17(4)25-23(28)13-22(18-8-9-18)26(27-25)21-11-10-19(16(2)3)12-24(21)30-6/h10-14,16,18,20H,7-9,15H2,1-6H3. The van der Waals surface area contributed by atoms with Gasteiger partial charge in [-0.2, -0.15) is 0 Å². The molecular weight excluding hydrogens is 372 g/mol. The van der Waals surface area contributed by atoms with Crippen LogP contribution in [0.1, 0.15) is 74.6 Å². The second-order valence-corrected chi connectivity index (χ2v) is 8.92. The van der Waals surface area contributed by atoms with E-state index >= 15 is 0 Å². The summed E-state index contributed by atoms with van der Waals surface area (Å²) in [5.74, 6) is 1.98. The van der Waals surface area contributed by atoms with Crippen molar-refractivity contribution in [3.63, 3.8) is 0 Å². The number of aryl methyl sites for hydroxylation is 1. The summed E-state index contributed by atoms with van der Waals surface area (Å²) in [6.45, 7) is 9.51. The number of aromatic nitrogens is 2. The second kappa shape index (κ2) is 8.43. The van der Waals surface area contributed by atoms with Gasteiger partial charge in [0.05, 0.1) is 36.5 Å². The number of hydrogen-bond donors (Lipinski definition) is 0. The Morgan fingerprint density at radius 2 is 1.93 bits per heavy atom. The van der Waals surface area contributed by atoms with Crippen molar-refractivity contribution in [2.75, 3.05) is 20.8 Å². The van der Waals surface area contributed by atoms with E-state index in [0.717, 1.165) is 28.9 Å². The quantitative estimate of drug-likeness (QED) is 0.422. The van der Waals surface area contributed by atoms with Gasteiger partial charge < -0.3 is 14.0 Å². The Balaban J connectivity index is 1.91. The summed E-state index contributed by atoms with van der Waals surface area (Å²) in [6, 6.07) is 9.29. The number of fused-ring (bicyclic) bond motifs is 1. The third-order valence-electron chi connectivity index (χ3n) is 6.40. The molecule has 1 aliphatic carbocycles. The van der Waals surface area contributed by atoms with Gasteiger partial charge in [-0.25, -0.2) is 4.98 Å². The molecule has 2 aromatic heterocycles. The minimum Gasteiger partial charge on any atom is -0.496 e. The van der Waals surface area contributed by atoms with Crippen molar-refractivity contribution >= 4 is 11.0 Å². The first-order valence-electron chi connectivity index (χ1n) is 11.2. The Labute approximate surface area is 180 Å². The lowest BCUT2D eigenvalue weighted by molar-refractivity contribution is 0.155. The maximum Gasteiger partial charge on any atom is 0.128 e. The fraction of sp³-hybridized carbons (Fsp3) is 0.500. The molecule has 0 amide bonds. The van der Waals surface area contributed by atoms with Crippen molar-refractivity contribution in [3.8, 4) is 17.0 Å². The van der Waals surface area contributed by atoms with E-state index in [-0.39, 0.29) is 0 Å². The highest BCUT2D eigenvalue weighted by Gasteiger charge is 2.30. The van der Waals surface area contributed by atoms with E-state index in [2.05, 4.69) is 62.7 Å². The number of methoxy groups -OCH3 is 2.